The van der Waals surface area contributed by atoms with Gasteiger partial charge in [0.2, 0.25) is 0 Å². The molecule has 11 heteroatoms. The summed E-state index contributed by atoms with van der Waals surface area (Å²) in [4.78, 5) is 0. The second-order valence-electron chi connectivity index (χ2n) is 8.60. The van der Waals surface area contributed by atoms with Crippen LogP contribution in [0.5, 0.6) is 5.75 Å². The van der Waals surface area contributed by atoms with E-state index in [-0.39, 0.29) is 0 Å². The Morgan fingerprint density at radius 3 is 1.10 bits per heavy atom. The first-order chi connectivity index (χ1) is 19.8. The molecule has 0 radical (unpaired) electrons. The molecule has 0 aliphatic rings. The Balaban J connectivity index is 1.64. The van der Waals surface area contributed by atoms with Gasteiger partial charge in [0.1, 0.15) is 12.4 Å². The molecule has 234 valence electrons. The van der Waals surface area contributed by atoms with Crippen molar-refractivity contribution >= 4 is 5.69 Å². The van der Waals surface area contributed by atoms with E-state index >= 15 is 0 Å². The molecule has 1 aromatic rings. The van der Waals surface area contributed by atoms with Gasteiger partial charge >= 0.3 is 0 Å². The summed E-state index contributed by atoms with van der Waals surface area (Å²) in [6.07, 6.45) is 3.55. The zero-order valence-electron chi connectivity index (χ0n) is 24.5. The van der Waals surface area contributed by atoms with Crippen LogP contribution in [0.2, 0.25) is 0 Å². The normalized spacial score (nSPS) is 11.3. The van der Waals surface area contributed by atoms with Crippen molar-refractivity contribution < 1.29 is 47.4 Å². The fraction of sp³-hybridized carbons (Fsp3) is 0.793. The molecular weight excluding hydrogens is 522 g/mol. The molecule has 1 aromatic carbocycles. The van der Waals surface area contributed by atoms with Crippen LogP contribution in [0.15, 0.2) is 24.3 Å². The number of ether oxygens (including phenoxy) is 10. The van der Waals surface area contributed by atoms with Crippen LogP contribution in [0.1, 0.15) is 26.2 Å². The van der Waals surface area contributed by atoms with E-state index in [1.165, 1.54) is 12.8 Å². The van der Waals surface area contributed by atoms with E-state index < -0.39 is 0 Å². The maximum absolute atomic E-state index is 5.81. The van der Waals surface area contributed by atoms with Crippen LogP contribution in [0.4, 0.5) is 5.69 Å². The molecule has 0 aliphatic heterocycles. The van der Waals surface area contributed by atoms with Gasteiger partial charge in [-0.15, -0.1) is 0 Å². The molecule has 0 aromatic heterocycles. The summed E-state index contributed by atoms with van der Waals surface area (Å²) < 4.78 is 54.8. The fourth-order valence-electron chi connectivity index (χ4n) is 3.14. The Kier molecular flexibility index (Phi) is 27.7. The minimum absolute atomic E-state index is 0.443. The number of para-hydroxylation sites is 2. The van der Waals surface area contributed by atoms with Crippen molar-refractivity contribution in [2.45, 2.75) is 26.2 Å². The number of benzene rings is 1. The number of unbranched alkanes of at least 4 members (excludes halogenated alkanes) is 2. The topological polar surface area (TPSA) is 118 Å². The number of rotatable bonds is 32. The largest absolute Gasteiger partial charge is 0.489 e. The molecule has 2 N–H and O–H groups in total. The van der Waals surface area contributed by atoms with Gasteiger partial charge in [-0.1, -0.05) is 31.9 Å². The first-order valence-electron chi connectivity index (χ1n) is 14.5. The Morgan fingerprint density at radius 2 is 0.750 bits per heavy atom. The summed E-state index contributed by atoms with van der Waals surface area (Å²) in [5.74, 6) is 0.672. The van der Waals surface area contributed by atoms with Gasteiger partial charge in [0.25, 0.3) is 0 Å². The van der Waals surface area contributed by atoms with Crippen LogP contribution >= 0.6 is 0 Å². The van der Waals surface area contributed by atoms with Gasteiger partial charge in [0.05, 0.1) is 118 Å². The predicted octanol–water partition coefficient (Wildman–Crippen LogP) is 2.99. The first-order valence-corrected chi connectivity index (χ1v) is 14.5. The van der Waals surface area contributed by atoms with Gasteiger partial charge in [0, 0.05) is 6.61 Å². The molecular formula is C29H53NO10. The van der Waals surface area contributed by atoms with Crippen molar-refractivity contribution in [2.75, 3.05) is 131 Å². The van der Waals surface area contributed by atoms with Crippen LogP contribution in [0, 0.1) is 0 Å². The van der Waals surface area contributed by atoms with Crippen molar-refractivity contribution in [1.29, 1.82) is 0 Å². The molecule has 0 heterocycles. The molecule has 0 amide bonds. The van der Waals surface area contributed by atoms with E-state index in [0.29, 0.717) is 130 Å². The lowest BCUT2D eigenvalue weighted by Gasteiger charge is -2.09. The van der Waals surface area contributed by atoms with Gasteiger partial charge in [-0.3, -0.25) is 0 Å². The van der Waals surface area contributed by atoms with E-state index in [0.717, 1.165) is 13.0 Å². The maximum atomic E-state index is 5.81. The third-order valence-electron chi connectivity index (χ3n) is 5.27. The van der Waals surface area contributed by atoms with Crippen LogP contribution in [-0.2, 0) is 42.6 Å². The average Bonchev–Trinajstić information content (AvgIpc) is 2.97. The van der Waals surface area contributed by atoms with Crippen LogP contribution in [0.3, 0.4) is 0 Å². The lowest BCUT2D eigenvalue weighted by atomic mass is 10.3. The number of hydrogen-bond acceptors (Lipinski definition) is 11. The van der Waals surface area contributed by atoms with E-state index in [9.17, 15) is 0 Å². The second kappa shape index (κ2) is 30.4. The minimum atomic E-state index is 0.443. The molecule has 0 fully saturated rings. The van der Waals surface area contributed by atoms with E-state index in [2.05, 4.69) is 6.92 Å². The van der Waals surface area contributed by atoms with Gasteiger partial charge in [-0.2, -0.15) is 0 Å². The summed E-state index contributed by atoms with van der Waals surface area (Å²) >= 11 is 0. The van der Waals surface area contributed by atoms with Gasteiger partial charge in [-0.05, 0) is 18.6 Å². The molecule has 0 bridgehead atoms. The Labute approximate surface area is 240 Å². The molecule has 0 aliphatic carbocycles. The summed E-state index contributed by atoms with van der Waals surface area (Å²) in [5.41, 5.74) is 6.43. The number of nitrogen functional groups attached to an aromatic ring is 1. The van der Waals surface area contributed by atoms with Crippen molar-refractivity contribution in [2.24, 2.45) is 0 Å². The highest BCUT2D eigenvalue weighted by atomic mass is 16.6. The van der Waals surface area contributed by atoms with E-state index in [4.69, 9.17) is 53.1 Å². The number of hydrogen-bond donors (Lipinski definition) is 1. The molecule has 0 atom stereocenters. The number of anilines is 1. The molecule has 40 heavy (non-hydrogen) atoms. The molecule has 0 saturated carbocycles. The van der Waals surface area contributed by atoms with Gasteiger partial charge in [-0.25, -0.2) is 0 Å². The first kappa shape index (κ1) is 36.5. The van der Waals surface area contributed by atoms with Crippen molar-refractivity contribution in [1.82, 2.24) is 0 Å². The van der Waals surface area contributed by atoms with Crippen LogP contribution in [0.25, 0.3) is 0 Å². The summed E-state index contributed by atoms with van der Waals surface area (Å²) in [5, 5.41) is 0. The lowest BCUT2D eigenvalue weighted by molar-refractivity contribution is -0.0254. The molecule has 0 unspecified atom stereocenters. The van der Waals surface area contributed by atoms with E-state index in [1.807, 2.05) is 18.2 Å². The Morgan fingerprint density at radius 1 is 0.425 bits per heavy atom. The van der Waals surface area contributed by atoms with Crippen molar-refractivity contribution in [3.8, 4) is 5.75 Å². The molecule has 0 spiro atoms. The van der Waals surface area contributed by atoms with Crippen molar-refractivity contribution in [3.63, 3.8) is 0 Å². The smallest absolute Gasteiger partial charge is 0.142 e. The Bertz CT molecular complexity index is 641. The second-order valence-corrected chi connectivity index (χ2v) is 8.60. The standard InChI is InChI=1S/C29H53NO10/c1-2-3-6-9-31-10-11-32-12-13-33-14-15-34-16-17-35-18-19-36-20-21-37-22-23-38-24-25-39-26-27-40-29-8-5-4-7-28(29)30/h4-5,7-8H,2-3,6,9-27,30H2,1H3. The average molecular weight is 576 g/mol. The summed E-state index contributed by atoms with van der Waals surface area (Å²) in [7, 11) is 0. The number of nitrogens with two attached hydrogens (primary N) is 1. The summed E-state index contributed by atoms with van der Waals surface area (Å²) in [6.45, 7) is 12.5. The zero-order valence-corrected chi connectivity index (χ0v) is 24.5. The van der Waals surface area contributed by atoms with Crippen molar-refractivity contribution in [3.05, 3.63) is 24.3 Å². The quantitative estimate of drug-likeness (QED) is 0.101. The molecule has 11 nitrogen and oxygen atoms in total. The molecule has 1 rings (SSSR count). The third kappa shape index (κ3) is 25.4. The van der Waals surface area contributed by atoms with Crippen LogP contribution in [-0.4, -0.2) is 126 Å². The Hall–Kier alpha value is -1.54. The fourth-order valence-corrected chi connectivity index (χ4v) is 3.14. The minimum Gasteiger partial charge on any atom is -0.489 e. The van der Waals surface area contributed by atoms with Gasteiger partial charge in [0.15, 0.2) is 0 Å². The maximum Gasteiger partial charge on any atom is 0.142 e. The highest BCUT2D eigenvalue weighted by Gasteiger charge is 1.99. The van der Waals surface area contributed by atoms with E-state index in [1.54, 1.807) is 6.07 Å². The third-order valence-corrected chi connectivity index (χ3v) is 5.27. The summed E-state index contributed by atoms with van der Waals surface area (Å²) in [6, 6.07) is 7.39. The predicted molar refractivity (Wildman–Crippen MR) is 153 cm³/mol. The highest BCUT2D eigenvalue weighted by Crippen LogP contribution is 2.19. The monoisotopic (exact) mass is 575 g/mol. The lowest BCUT2D eigenvalue weighted by Crippen LogP contribution is -2.15. The SMILES string of the molecule is CCCCCOCCOCCOCCOCCOCCOCCOCCOCCOCCOc1ccccc1N. The van der Waals surface area contributed by atoms with Crippen LogP contribution < -0.4 is 10.5 Å². The highest BCUT2D eigenvalue weighted by molar-refractivity contribution is 5.51. The van der Waals surface area contributed by atoms with Gasteiger partial charge < -0.3 is 53.1 Å². The zero-order chi connectivity index (χ0) is 28.6. The molecule has 0 saturated heterocycles.